The van der Waals surface area contributed by atoms with E-state index >= 15 is 0 Å². The van der Waals surface area contributed by atoms with Crippen LogP contribution in [0, 0.1) is 5.41 Å². The van der Waals surface area contributed by atoms with Gasteiger partial charge in [0.2, 0.25) is 17.8 Å². The molecule has 3 aliphatic rings. The molecule has 3 aromatic heterocycles. The van der Waals surface area contributed by atoms with Gasteiger partial charge in [0.15, 0.2) is 5.65 Å². The lowest BCUT2D eigenvalue weighted by molar-refractivity contribution is -0.124. The highest BCUT2D eigenvalue weighted by atomic mass is 16.2. The Morgan fingerprint density at radius 2 is 2.12 bits per heavy atom. The molecule has 2 amide bonds. The van der Waals surface area contributed by atoms with Crippen LogP contribution in [0.5, 0.6) is 0 Å². The molecular weight excluding hydrogens is 410 g/mol. The van der Waals surface area contributed by atoms with Gasteiger partial charge in [-0.3, -0.25) is 14.9 Å². The summed E-state index contributed by atoms with van der Waals surface area (Å²) in [6.07, 6.45) is 13.5. The van der Waals surface area contributed by atoms with E-state index in [0.29, 0.717) is 34.7 Å². The van der Waals surface area contributed by atoms with Crippen LogP contribution in [0.4, 0.5) is 11.9 Å². The predicted molar refractivity (Wildman–Crippen MR) is 116 cm³/mol. The van der Waals surface area contributed by atoms with E-state index in [9.17, 15) is 9.59 Å². The molecule has 6 rings (SSSR count). The Balaban J connectivity index is 1.29. The minimum atomic E-state index is -0.367. The summed E-state index contributed by atoms with van der Waals surface area (Å²) >= 11 is 0. The van der Waals surface area contributed by atoms with Gasteiger partial charge < -0.3 is 15.2 Å². The molecule has 0 unspecified atom stereocenters. The standard InChI is InChI=1S/C21H23N9O2/c31-16-8-13(18(32)26-16)7-14-9-24-30-17(14)27-19(28-20(30)25-15-1-2-15)23-10-21(3-4-21)11-29-6-5-22-12-29/h5-7,9,12,15H,1-4,8,10-11H2,(H,26,31,32)(H2,23,25,27,28)/b13-7+. The van der Waals surface area contributed by atoms with Gasteiger partial charge in [0.05, 0.1) is 18.9 Å². The molecule has 0 aromatic carbocycles. The molecule has 2 saturated carbocycles. The Bertz CT molecular complexity index is 1240. The number of hydrogen-bond donors (Lipinski definition) is 3. The van der Waals surface area contributed by atoms with Gasteiger partial charge in [-0.1, -0.05) is 0 Å². The number of carbonyl (C=O) groups excluding carboxylic acids is 2. The average Bonchev–Trinajstić information content (AvgIpc) is 3.59. The number of imide groups is 1. The van der Waals surface area contributed by atoms with Crippen LogP contribution in [-0.4, -0.2) is 53.5 Å². The van der Waals surface area contributed by atoms with Gasteiger partial charge in [-0.25, -0.2) is 4.98 Å². The Hall–Kier alpha value is -3.76. The molecule has 0 atom stereocenters. The molecule has 32 heavy (non-hydrogen) atoms. The van der Waals surface area contributed by atoms with Gasteiger partial charge in [-0.15, -0.1) is 0 Å². The Morgan fingerprint density at radius 1 is 1.25 bits per heavy atom. The van der Waals surface area contributed by atoms with E-state index in [1.54, 1.807) is 23.0 Å². The molecule has 3 N–H and O–H groups in total. The van der Waals surface area contributed by atoms with Crippen LogP contribution in [0.3, 0.4) is 0 Å². The summed E-state index contributed by atoms with van der Waals surface area (Å²) < 4.78 is 3.76. The first-order valence-electron chi connectivity index (χ1n) is 10.8. The van der Waals surface area contributed by atoms with E-state index in [1.165, 1.54) is 0 Å². The Kier molecular flexibility index (Phi) is 4.23. The zero-order valence-corrected chi connectivity index (χ0v) is 17.4. The van der Waals surface area contributed by atoms with Crippen molar-refractivity contribution in [3.8, 4) is 0 Å². The van der Waals surface area contributed by atoms with Crippen molar-refractivity contribution in [1.82, 2.24) is 34.4 Å². The van der Waals surface area contributed by atoms with E-state index in [4.69, 9.17) is 4.98 Å². The van der Waals surface area contributed by atoms with Crippen LogP contribution >= 0.6 is 0 Å². The highest BCUT2D eigenvalue weighted by Gasteiger charge is 2.42. The minimum absolute atomic E-state index is 0.0658. The van der Waals surface area contributed by atoms with E-state index < -0.39 is 0 Å². The van der Waals surface area contributed by atoms with Crippen LogP contribution in [0.15, 0.2) is 30.5 Å². The zero-order valence-electron chi connectivity index (χ0n) is 17.4. The average molecular weight is 433 g/mol. The number of aromatic nitrogens is 6. The second-order valence-electron chi connectivity index (χ2n) is 8.94. The summed E-state index contributed by atoms with van der Waals surface area (Å²) in [4.78, 5) is 37.0. The van der Waals surface area contributed by atoms with Gasteiger partial charge in [-0.2, -0.15) is 19.6 Å². The van der Waals surface area contributed by atoms with Gasteiger partial charge in [0.1, 0.15) is 0 Å². The maximum absolute atomic E-state index is 12.0. The van der Waals surface area contributed by atoms with Crippen molar-refractivity contribution in [2.75, 3.05) is 17.2 Å². The van der Waals surface area contributed by atoms with E-state index in [-0.39, 0.29) is 23.7 Å². The first-order chi connectivity index (χ1) is 15.6. The fourth-order valence-electron chi connectivity index (χ4n) is 3.99. The summed E-state index contributed by atoms with van der Waals surface area (Å²) in [6.45, 7) is 1.66. The summed E-state index contributed by atoms with van der Waals surface area (Å²) in [7, 11) is 0. The largest absolute Gasteiger partial charge is 0.353 e. The number of rotatable bonds is 8. The van der Waals surface area contributed by atoms with Crippen molar-refractivity contribution in [3.05, 3.63) is 36.1 Å². The quantitative estimate of drug-likeness (QED) is 0.357. The lowest BCUT2D eigenvalue weighted by Gasteiger charge is -2.17. The first-order valence-corrected chi connectivity index (χ1v) is 10.8. The maximum Gasteiger partial charge on any atom is 0.254 e. The third kappa shape index (κ3) is 3.70. The molecule has 3 fully saturated rings. The summed E-state index contributed by atoms with van der Waals surface area (Å²) in [5.41, 5.74) is 1.85. The maximum atomic E-state index is 12.0. The molecule has 1 saturated heterocycles. The molecule has 4 heterocycles. The highest BCUT2D eigenvalue weighted by molar-refractivity contribution is 6.15. The lowest BCUT2D eigenvalue weighted by Crippen LogP contribution is -2.22. The number of fused-ring (bicyclic) bond motifs is 1. The van der Waals surface area contributed by atoms with Gasteiger partial charge >= 0.3 is 0 Å². The third-order valence-electron chi connectivity index (χ3n) is 6.19. The van der Waals surface area contributed by atoms with Crippen molar-refractivity contribution in [3.63, 3.8) is 0 Å². The van der Waals surface area contributed by atoms with E-state index in [0.717, 1.165) is 38.8 Å². The number of nitrogens with one attached hydrogen (secondary N) is 3. The van der Waals surface area contributed by atoms with Crippen LogP contribution in [0.1, 0.15) is 37.7 Å². The zero-order chi connectivity index (χ0) is 21.7. The van der Waals surface area contributed by atoms with Crippen LogP contribution < -0.4 is 16.0 Å². The predicted octanol–water partition coefficient (Wildman–Crippen LogP) is 1.22. The van der Waals surface area contributed by atoms with Crippen molar-refractivity contribution in [1.29, 1.82) is 0 Å². The highest BCUT2D eigenvalue weighted by Crippen LogP contribution is 2.47. The number of nitrogens with zero attached hydrogens (tertiary/aromatic N) is 6. The second-order valence-corrected chi connectivity index (χ2v) is 8.94. The smallest absolute Gasteiger partial charge is 0.254 e. The number of imidazole rings is 1. The van der Waals surface area contributed by atoms with Gasteiger partial charge in [0.25, 0.3) is 5.91 Å². The summed E-state index contributed by atoms with van der Waals surface area (Å²) in [5, 5.41) is 13.6. The number of carbonyl (C=O) groups is 2. The van der Waals surface area contributed by atoms with Crippen LogP contribution in [-0.2, 0) is 16.1 Å². The monoisotopic (exact) mass is 433 g/mol. The molecule has 3 aromatic rings. The molecular formula is C21H23N9O2. The second kappa shape index (κ2) is 7.14. The van der Waals surface area contributed by atoms with Crippen molar-refractivity contribution < 1.29 is 9.59 Å². The number of anilines is 2. The van der Waals surface area contributed by atoms with Crippen LogP contribution in [0.2, 0.25) is 0 Å². The molecule has 0 bridgehead atoms. The lowest BCUT2D eigenvalue weighted by atomic mass is 10.1. The van der Waals surface area contributed by atoms with E-state index in [2.05, 4.69) is 35.6 Å². The minimum Gasteiger partial charge on any atom is -0.353 e. The number of hydrogen-bond acceptors (Lipinski definition) is 8. The van der Waals surface area contributed by atoms with Gasteiger partial charge in [-0.05, 0) is 31.8 Å². The normalized spacial score (nSPS) is 20.7. The Morgan fingerprint density at radius 3 is 2.81 bits per heavy atom. The molecule has 11 nitrogen and oxygen atoms in total. The molecule has 11 heteroatoms. The molecule has 1 aliphatic heterocycles. The van der Waals surface area contributed by atoms with E-state index in [1.807, 2.05) is 12.5 Å². The summed E-state index contributed by atoms with van der Waals surface area (Å²) in [5.74, 6) is 0.479. The topological polar surface area (TPSA) is 131 Å². The van der Waals surface area contributed by atoms with Crippen molar-refractivity contribution in [2.24, 2.45) is 5.41 Å². The van der Waals surface area contributed by atoms with Gasteiger partial charge in [0, 0.05) is 48.1 Å². The fraction of sp³-hybridized carbons (Fsp3) is 0.429. The molecule has 2 aliphatic carbocycles. The number of amides is 2. The van der Waals surface area contributed by atoms with Crippen LogP contribution in [0.25, 0.3) is 11.7 Å². The van der Waals surface area contributed by atoms with Crippen molar-refractivity contribution in [2.45, 2.75) is 44.7 Å². The van der Waals surface area contributed by atoms with Crippen molar-refractivity contribution >= 4 is 35.4 Å². The molecule has 164 valence electrons. The first kappa shape index (κ1) is 19.0. The molecule has 0 spiro atoms. The Labute approximate surface area is 183 Å². The fourth-order valence-corrected chi connectivity index (χ4v) is 3.99. The third-order valence-corrected chi connectivity index (χ3v) is 6.19. The SMILES string of the molecule is O=C1C/C(=C\c2cnn3c(NC4CC4)nc(NCC4(Cn5ccnc5)CC4)nc23)C(=O)N1. The molecule has 0 radical (unpaired) electrons. The summed E-state index contributed by atoms with van der Waals surface area (Å²) in [6, 6.07) is 0.390.